The molecule has 78 valence electrons. The summed E-state index contributed by atoms with van der Waals surface area (Å²) in [6.07, 6.45) is 1.65. The number of fused-ring (bicyclic) bond motifs is 1. The molecule has 0 aliphatic rings. The van der Waals surface area contributed by atoms with E-state index in [1.807, 2.05) is 18.2 Å². The van der Waals surface area contributed by atoms with E-state index in [-0.39, 0.29) is 0 Å². The van der Waals surface area contributed by atoms with Crippen molar-refractivity contribution < 1.29 is 9.53 Å². The molecule has 0 bridgehead atoms. The van der Waals surface area contributed by atoms with Crippen molar-refractivity contribution in [2.24, 2.45) is 0 Å². The van der Waals surface area contributed by atoms with Crippen LogP contribution in [-0.2, 0) is 4.74 Å². The van der Waals surface area contributed by atoms with Crippen LogP contribution in [0.4, 0.5) is 0 Å². The van der Waals surface area contributed by atoms with E-state index in [2.05, 4.69) is 20.9 Å². The van der Waals surface area contributed by atoms with Crippen LogP contribution in [0.15, 0.2) is 29.0 Å². The molecule has 0 spiro atoms. The van der Waals surface area contributed by atoms with Gasteiger partial charge in [-0.05, 0) is 35.0 Å². The van der Waals surface area contributed by atoms with Crippen molar-refractivity contribution in [3.05, 3.63) is 34.7 Å². The molecule has 0 aromatic carbocycles. The van der Waals surface area contributed by atoms with Gasteiger partial charge in [0.05, 0.1) is 11.2 Å². The summed E-state index contributed by atoms with van der Waals surface area (Å²) in [6.45, 7) is 2.12. The molecule has 2 rings (SSSR count). The van der Waals surface area contributed by atoms with Crippen molar-refractivity contribution in [3.8, 4) is 0 Å². The summed E-state index contributed by atoms with van der Waals surface area (Å²) in [7, 11) is 0. The highest BCUT2D eigenvalue weighted by Gasteiger charge is 2.11. The molecule has 0 fully saturated rings. The van der Waals surface area contributed by atoms with Gasteiger partial charge in [0.2, 0.25) is 0 Å². The summed E-state index contributed by atoms with van der Waals surface area (Å²) in [5.41, 5.74) is 1.04. The van der Waals surface area contributed by atoms with Crippen molar-refractivity contribution in [1.29, 1.82) is 0 Å². The Kier molecular flexibility index (Phi) is 2.73. The molecule has 0 saturated carbocycles. The van der Waals surface area contributed by atoms with Crippen LogP contribution in [0.5, 0.6) is 0 Å². The third-order valence-electron chi connectivity index (χ3n) is 1.93. The van der Waals surface area contributed by atoms with E-state index < -0.39 is 5.97 Å². The summed E-state index contributed by atoms with van der Waals surface area (Å²) in [6, 6.07) is 5.57. The van der Waals surface area contributed by atoms with E-state index in [0.717, 1.165) is 4.60 Å². The van der Waals surface area contributed by atoms with Gasteiger partial charge in [-0.25, -0.2) is 9.78 Å². The summed E-state index contributed by atoms with van der Waals surface area (Å²) in [5, 5.41) is 0. The molecule has 0 amide bonds. The third kappa shape index (κ3) is 1.87. The SMILES string of the molecule is CCOC(=O)c1cn2c(Br)cccc2n1. The summed E-state index contributed by atoms with van der Waals surface area (Å²) >= 11 is 3.37. The van der Waals surface area contributed by atoms with Crippen LogP contribution in [0.3, 0.4) is 0 Å². The zero-order valence-electron chi connectivity index (χ0n) is 8.11. The van der Waals surface area contributed by atoms with Crippen LogP contribution in [0.25, 0.3) is 5.65 Å². The first kappa shape index (κ1) is 10.2. The Balaban J connectivity index is 2.47. The van der Waals surface area contributed by atoms with E-state index in [1.165, 1.54) is 0 Å². The Morgan fingerprint density at radius 3 is 3.07 bits per heavy atom. The van der Waals surface area contributed by atoms with E-state index in [4.69, 9.17) is 4.74 Å². The van der Waals surface area contributed by atoms with Crippen molar-refractivity contribution >= 4 is 27.5 Å². The molecular weight excluding hydrogens is 260 g/mol. The highest BCUT2D eigenvalue weighted by molar-refractivity contribution is 9.10. The standard InChI is InChI=1S/C10H9BrN2O2/c1-2-15-10(14)7-6-13-8(11)4-3-5-9(13)12-7/h3-6H,2H2,1H3. The molecule has 2 aromatic heterocycles. The lowest BCUT2D eigenvalue weighted by molar-refractivity contribution is 0.0520. The lowest BCUT2D eigenvalue weighted by Crippen LogP contribution is -2.04. The zero-order valence-corrected chi connectivity index (χ0v) is 9.69. The number of pyridine rings is 1. The van der Waals surface area contributed by atoms with Gasteiger partial charge in [-0.3, -0.25) is 4.40 Å². The van der Waals surface area contributed by atoms with Gasteiger partial charge in [0.15, 0.2) is 5.69 Å². The number of rotatable bonds is 2. The normalized spacial score (nSPS) is 10.5. The van der Waals surface area contributed by atoms with E-state index in [9.17, 15) is 4.79 Å². The first-order valence-corrected chi connectivity index (χ1v) is 5.32. The minimum absolute atomic E-state index is 0.323. The second kappa shape index (κ2) is 4.02. The smallest absolute Gasteiger partial charge is 0.358 e. The van der Waals surface area contributed by atoms with Gasteiger partial charge in [0.25, 0.3) is 0 Å². The van der Waals surface area contributed by atoms with Gasteiger partial charge < -0.3 is 4.74 Å². The van der Waals surface area contributed by atoms with Crippen molar-refractivity contribution in [1.82, 2.24) is 9.38 Å². The molecule has 0 N–H and O–H groups in total. The number of hydrogen-bond acceptors (Lipinski definition) is 3. The maximum absolute atomic E-state index is 11.4. The van der Waals surface area contributed by atoms with Crippen LogP contribution in [0, 0.1) is 0 Å². The van der Waals surface area contributed by atoms with E-state index in [1.54, 1.807) is 17.5 Å². The Morgan fingerprint density at radius 2 is 2.40 bits per heavy atom. The molecule has 4 nitrogen and oxygen atoms in total. The first-order valence-electron chi connectivity index (χ1n) is 4.53. The molecule has 0 atom stereocenters. The maximum atomic E-state index is 11.4. The number of nitrogens with zero attached hydrogens (tertiary/aromatic N) is 2. The van der Waals surface area contributed by atoms with Crippen molar-refractivity contribution in [2.75, 3.05) is 6.61 Å². The average molecular weight is 269 g/mol. The summed E-state index contributed by atoms with van der Waals surface area (Å²) in [4.78, 5) is 15.6. The zero-order chi connectivity index (χ0) is 10.8. The molecule has 15 heavy (non-hydrogen) atoms. The molecular formula is C10H9BrN2O2. The fraction of sp³-hybridized carbons (Fsp3) is 0.200. The average Bonchev–Trinajstić information content (AvgIpc) is 2.63. The number of halogens is 1. The Hall–Kier alpha value is -1.36. The molecule has 0 aliphatic heterocycles. The van der Waals surface area contributed by atoms with Crippen LogP contribution in [0.1, 0.15) is 17.4 Å². The highest BCUT2D eigenvalue weighted by Crippen LogP contribution is 2.14. The largest absolute Gasteiger partial charge is 0.461 e. The summed E-state index contributed by atoms with van der Waals surface area (Å²) < 4.78 is 7.50. The van der Waals surface area contributed by atoms with Gasteiger partial charge in [-0.1, -0.05) is 6.07 Å². The lowest BCUT2D eigenvalue weighted by atomic mass is 10.5. The van der Waals surface area contributed by atoms with Crippen LogP contribution in [-0.4, -0.2) is 22.0 Å². The quantitative estimate of drug-likeness (QED) is 0.620. The number of aromatic nitrogens is 2. The monoisotopic (exact) mass is 268 g/mol. The van der Waals surface area contributed by atoms with Crippen LogP contribution < -0.4 is 0 Å². The minimum Gasteiger partial charge on any atom is -0.461 e. The molecule has 0 aliphatic carbocycles. The van der Waals surface area contributed by atoms with Crippen molar-refractivity contribution in [2.45, 2.75) is 6.92 Å². The lowest BCUT2D eigenvalue weighted by Gasteiger charge is -1.95. The molecule has 0 saturated heterocycles. The number of carbonyl (C=O) groups is 1. The Bertz CT molecular complexity index is 507. The van der Waals surface area contributed by atoms with Gasteiger partial charge >= 0.3 is 5.97 Å². The fourth-order valence-corrected chi connectivity index (χ4v) is 1.72. The van der Waals surface area contributed by atoms with Crippen molar-refractivity contribution in [3.63, 3.8) is 0 Å². The van der Waals surface area contributed by atoms with E-state index in [0.29, 0.717) is 17.9 Å². The molecule has 5 heteroatoms. The topological polar surface area (TPSA) is 43.6 Å². The number of ether oxygens (including phenoxy) is 1. The number of imidazole rings is 1. The fourth-order valence-electron chi connectivity index (χ4n) is 1.28. The van der Waals surface area contributed by atoms with Gasteiger partial charge in [0, 0.05) is 6.20 Å². The predicted octanol–water partition coefficient (Wildman–Crippen LogP) is 2.27. The van der Waals surface area contributed by atoms with Gasteiger partial charge in [0.1, 0.15) is 5.65 Å². The maximum Gasteiger partial charge on any atom is 0.358 e. The Labute approximate surface area is 95.0 Å². The summed E-state index contributed by atoms with van der Waals surface area (Å²) in [5.74, 6) is -0.395. The first-order chi connectivity index (χ1) is 7.22. The van der Waals surface area contributed by atoms with Crippen LogP contribution in [0.2, 0.25) is 0 Å². The van der Waals surface area contributed by atoms with E-state index >= 15 is 0 Å². The third-order valence-corrected chi connectivity index (χ3v) is 2.57. The molecule has 2 aromatic rings. The molecule has 2 heterocycles. The highest BCUT2D eigenvalue weighted by atomic mass is 79.9. The molecule has 0 unspecified atom stereocenters. The second-order valence-electron chi connectivity index (χ2n) is 2.92. The Morgan fingerprint density at radius 1 is 1.60 bits per heavy atom. The second-order valence-corrected chi connectivity index (χ2v) is 3.74. The van der Waals surface area contributed by atoms with Gasteiger partial charge in [-0.2, -0.15) is 0 Å². The van der Waals surface area contributed by atoms with Crippen LogP contribution >= 0.6 is 15.9 Å². The predicted molar refractivity (Wildman–Crippen MR) is 58.8 cm³/mol. The molecule has 0 radical (unpaired) electrons. The minimum atomic E-state index is -0.395. The van der Waals surface area contributed by atoms with Gasteiger partial charge in [-0.15, -0.1) is 0 Å². The number of hydrogen-bond donors (Lipinski definition) is 0. The number of esters is 1. The number of carbonyl (C=O) groups excluding carboxylic acids is 1.